The van der Waals surface area contributed by atoms with Crippen molar-refractivity contribution < 1.29 is 19.4 Å². The van der Waals surface area contributed by atoms with Crippen LogP contribution in [0.15, 0.2) is 50.1 Å². The summed E-state index contributed by atoms with van der Waals surface area (Å²) in [7, 11) is 0. The number of nitrogens with zero attached hydrogens (tertiary/aromatic N) is 1. The minimum Gasteiger partial charge on any atom is -0.506 e. The number of rotatable bonds is 3. The molecule has 0 fully saturated rings. The Morgan fingerprint density at radius 3 is 2.64 bits per heavy atom. The predicted octanol–water partition coefficient (Wildman–Crippen LogP) is 4.54. The van der Waals surface area contributed by atoms with E-state index in [0.29, 0.717) is 21.1 Å². The lowest BCUT2D eigenvalue weighted by atomic mass is 10.0. The van der Waals surface area contributed by atoms with Crippen LogP contribution in [0.2, 0.25) is 0 Å². The Morgan fingerprint density at radius 1 is 1.25 bits per heavy atom. The largest absolute Gasteiger partial charge is 0.506 e. The lowest BCUT2D eigenvalue weighted by molar-refractivity contribution is 0.0519. The van der Waals surface area contributed by atoms with E-state index < -0.39 is 23.4 Å². The summed E-state index contributed by atoms with van der Waals surface area (Å²) in [5.74, 6) is -0.793. The van der Waals surface area contributed by atoms with Gasteiger partial charge in [-0.2, -0.15) is 0 Å². The molecule has 2 heterocycles. The van der Waals surface area contributed by atoms with E-state index in [0.717, 1.165) is 10.0 Å². The van der Waals surface area contributed by atoms with Crippen molar-refractivity contribution in [2.45, 2.75) is 19.6 Å². The predicted molar refractivity (Wildman–Crippen MR) is 111 cm³/mol. The zero-order valence-electron chi connectivity index (χ0n) is 14.7. The van der Waals surface area contributed by atoms with Crippen LogP contribution >= 0.6 is 31.9 Å². The number of halogens is 2. The van der Waals surface area contributed by atoms with Gasteiger partial charge in [-0.1, -0.05) is 44.0 Å². The first kappa shape index (κ1) is 19.0. The van der Waals surface area contributed by atoms with Crippen LogP contribution in [0.25, 0.3) is 10.9 Å². The van der Waals surface area contributed by atoms with Crippen LogP contribution < -0.4 is 10.3 Å². The summed E-state index contributed by atoms with van der Waals surface area (Å²) in [5.41, 5.74) is 0.374. The quantitative estimate of drug-likeness (QED) is 0.525. The van der Waals surface area contributed by atoms with Crippen molar-refractivity contribution in [1.82, 2.24) is 4.57 Å². The fraction of sp³-hybridized carbons (Fsp3) is 0.200. The summed E-state index contributed by atoms with van der Waals surface area (Å²) in [6, 6.07) is 11.0. The van der Waals surface area contributed by atoms with E-state index in [1.165, 1.54) is 4.57 Å². The van der Waals surface area contributed by atoms with Crippen molar-refractivity contribution in [3.63, 3.8) is 0 Å². The summed E-state index contributed by atoms with van der Waals surface area (Å²) in [5, 5.41) is 11.0. The van der Waals surface area contributed by atoms with Crippen molar-refractivity contribution in [2.24, 2.45) is 0 Å². The molecule has 0 radical (unpaired) electrons. The Kier molecular flexibility index (Phi) is 4.93. The molecule has 144 valence electrons. The number of aromatic nitrogens is 1. The molecule has 1 aromatic heterocycles. The second-order valence-corrected chi connectivity index (χ2v) is 8.15. The monoisotopic (exact) mass is 507 g/mol. The zero-order valence-corrected chi connectivity index (χ0v) is 17.9. The average molecular weight is 509 g/mol. The number of hydrogen-bond acceptors (Lipinski definition) is 5. The fourth-order valence-corrected chi connectivity index (χ4v) is 4.07. The second kappa shape index (κ2) is 7.25. The molecule has 8 heteroatoms. The van der Waals surface area contributed by atoms with E-state index in [9.17, 15) is 14.7 Å². The maximum Gasteiger partial charge on any atom is 0.347 e. The number of benzene rings is 2. The Hall–Kier alpha value is -2.32. The first-order valence-electron chi connectivity index (χ1n) is 8.59. The summed E-state index contributed by atoms with van der Waals surface area (Å²) < 4.78 is 14.2. The van der Waals surface area contributed by atoms with Gasteiger partial charge < -0.3 is 14.6 Å². The highest BCUT2D eigenvalue weighted by Gasteiger charge is 2.30. The van der Waals surface area contributed by atoms with Crippen LogP contribution in [-0.2, 0) is 11.3 Å². The maximum atomic E-state index is 13.1. The topological polar surface area (TPSA) is 77.8 Å². The van der Waals surface area contributed by atoms with Gasteiger partial charge in [-0.05, 0) is 36.8 Å². The fourth-order valence-electron chi connectivity index (χ4n) is 3.36. The van der Waals surface area contributed by atoms with Gasteiger partial charge >= 0.3 is 5.97 Å². The number of pyridine rings is 1. The Bertz CT molecular complexity index is 1150. The maximum absolute atomic E-state index is 13.1. The smallest absolute Gasteiger partial charge is 0.347 e. The minimum absolute atomic E-state index is 0.101. The first-order valence-corrected chi connectivity index (χ1v) is 10.2. The summed E-state index contributed by atoms with van der Waals surface area (Å²) in [6.45, 7) is 1.95. The van der Waals surface area contributed by atoms with Crippen LogP contribution in [0.3, 0.4) is 0 Å². The summed E-state index contributed by atoms with van der Waals surface area (Å²) in [4.78, 5) is 25.4. The number of aromatic hydroxyl groups is 1. The van der Waals surface area contributed by atoms with Gasteiger partial charge in [-0.15, -0.1) is 0 Å². The molecule has 3 aromatic rings. The lowest BCUT2D eigenvalue weighted by Gasteiger charge is -2.29. The highest BCUT2D eigenvalue weighted by atomic mass is 79.9. The molecule has 1 N–H and O–H groups in total. The Labute approximate surface area is 176 Å². The molecule has 6 nitrogen and oxygen atoms in total. The van der Waals surface area contributed by atoms with Gasteiger partial charge in [0.05, 0.1) is 18.7 Å². The van der Waals surface area contributed by atoms with Crippen molar-refractivity contribution in [3.05, 3.63) is 66.8 Å². The van der Waals surface area contributed by atoms with E-state index in [-0.39, 0.29) is 18.7 Å². The van der Waals surface area contributed by atoms with Gasteiger partial charge in [0.25, 0.3) is 5.56 Å². The van der Waals surface area contributed by atoms with Gasteiger partial charge in [0.15, 0.2) is 5.56 Å². The standard InChI is InChI=1S/C20H15Br2NO5/c1-2-27-20(26)16-18(24)13-7-12(22)8-14-17(13)23(19(16)25)9-15(28-14)10-3-5-11(21)6-4-10/h3-8,15,24H,2,9H2,1H3. The third-order valence-electron chi connectivity index (χ3n) is 4.60. The van der Waals surface area contributed by atoms with Crippen LogP contribution in [0.1, 0.15) is 28.9 Å². The average Bonchev–Trinajstić information content (AvgIpc) is 2.66. The molecule has 0 spiro atoms. The molecule has 0 saturated heterocycles. The van der Waals surface area contributed by atoms with Crippen molar-refractivity contribution >= 4 is 48.7 Å². The van der Waals surface area contributed by atoms with E-state index in [4.69, 9.17) is 9.47 Å². The lowest BCUT2D eigenvalue weighted by Crippen LogP contribution is -2.33. The van der Waals surface area contributed by atoms with Crippen LogP contribution in [0.5, 0.6) is 11.5 Å². The Morgan fingerprint density at radius 2 is 1.96 bits per heavy atom. The molecule has 1 unspecified atom stereocenters. The molecule has 0 aliphatic carbocycles. The van der Waals surface area contributed by atoms with E-state index in [1.54, 1.807) is 19.1 Å². The van der Waals surface area contributed by atoms with Gasteiger partial charge in [0.1, 0.15) is 17.6 Å². The molecule has 2 aromatic carbocycles. The van der Waals surface area contributed by atoms with Crippen molar-refractivity contribution in [3.8, 4) is 11.5 Å². The number of carbonyl (C=O) groups is 1. The van der Waals surface area contributed by atoms with Crippen molar-refractivity contribution in [2.75, 3.05) is 6.61 Å². The number of hydrogen-bond donors (Lipinski definition) is 1. The molecular weight excluding hydrogens is 494 g/mol. The number of esters is 1. The van der Waals surface area contributed by atoms with E-state index in [1.807, 2.05) is 24.3 Å². The molecule has 1 aliphatic heterocycles. The molecule has 1 aliphatic rings. The third-order valence-corrected chi connectivity index (χ3v) is 5.59. The van der Waals surface area contributed by atoms with Crippen LogP contribution in [0.4, 0.5) is 0 Å². The molecular formula is C20H15Br2NO5. The van der Waals surface area contributed by atoms with Gasteiger partial charge in [-0.25, -0.2) is 4.79 Å². The molecule has 4 rings (SSSR count). The Balaban J connectivity index is 1.95. The molecule has 0 bridgehead atoms. The molecule has 1 atom stereocenters. The summed E-state index contributed by atoms with van der Waals surface area (Å²) in [6.07, 6.45) is -0.421. The molecule has 0 saturated carbocycles. The summed E-state index contributed by atoms with van der Waals surface area (Å²) >= 11 is 6.81. The highest BCUT2D eigenvalue weighted by Crippen LogP contribution is 2.41. The highest BCUT2D eigenvalue weighted by molar-refractivity contribution is 9.10. The van der Waals surface area contributed by atoms with Crippen LogP contribution in [0, 0.1) is 0 Å². The first-order chi connectivity index (χ1) is 13.4. The SMILES string of the molecule is CCOC(=O)c1c(O)c2cc(Br)cc3c2n(c1=O)CC(c1ccc(Br)cc1)O3. The van der Waals surface area contributed by atoms with E-state index in [2.05, 4.69) is 31.9 Å². The molecule has 28 heavy (non-hydrogen) atoms. The van der Waals surface area contributed by atoms with Gasteiger partial charge in [-0.3, -0.25) is 9.36 Å². The normalized spacial score (nSPS) is 15.3. The third kappa shape index (κ3) is 3.10. The number of ether oxygens (including phenoxy) is 2. The van der Waals surface area contributed by atoms with Crippen LogP contribution in [-0.4, -0.2) is 22.2 Å². The number of carbonyl (C=O) groups excluding carboxylic acids is 1. The molecule has 0 amide bonds. The van der Waals surface area contributed by atoms with Crippen molar-refractivity contribution in [1.29, 1.82) is 0 Å². The second-order valence-electron chi connectivity index (χ2n) is 6.32. The van der Waals surface area contributed by atoms with Gasteiger partial charge in [0, 0.05) is 14.3 Å². The minimum atomic E-state index is -0.844. The van der Waals surface area contributed by atoms with E-state index >= 15 is 0 Å². The zero-order chi connectivity index (χ0) is 20.0. The van der Waals surface area contributed by atoms with Gasteiger partial charge in [0.2, 0.25) is 0 Å².